The molecule has 38 heavy (non-hydrogen) atoms. The number of aromatic nitrogens is 1. The summed E-state index contributed by atoms with van der Waals surface area (Å²) >= 11 is 0. The first-order valence-electron chi connectivity index (χ1n) is 13.8. The number of rotatable bonds is 7. The monoisotopic (exact) mass is 514 g/mol. The Hall–Kier alpha value is -3.25. The van der Waals surface area contributed by atoms with Gasteiger partial charge in [-0.05, 0) is 55.5 Å². The third kappa shape index (κ3) is 6.60. The van der Waals surface area contributed by atoms with E-state index in [-0.39, 0.29) is 11.9 Å². The van der Waals surface area contributed by atoms with Crippen LogP contribution in [0.1, 0.15) is 52.9 Å². The zero-order valence-electron chi connectivity index (χ0n) is 22.1. The Morgan fingerprint density at radius 2 is 1.71 bits per heavy atom. The van der Waals surface area contributed by atoms with Gasteiger partial charge in [0.25, 0.3) is 5.91 Å². The van der Waals surface area contributed by atoms with Crippen LogP contribution in [-0.4, -0.2) is 90.2 Å². The summed E-state index contributed by atoms with van der Waals surface area (Å²) in [6.45, 7) is 12.8. The van der Waals surface area contributed by atoms with Gasteiger partial charge in [0.2, 0.25) is 0 Å². The predicted molar refractivity (Wildman–Crippen MR) is 147 cm³/mol. The molecule has 1 aromatic heterocycles. The fourth-order valence-corrected chi connectivity index (χ4v) is 5.73. The van der Waals surface area contributed by atoms with Crippen molar-refractivity contribution in [2.75, 3.05) is 52.5 Å². The van der Waals surface area contributed by atoms with Crippen molar-refractivity contribution in [3.63, 3.8) is 0 Å². The molecule has 0 radical (unpaired) electrons. The Morgan fingerprint density at radius 1 is 1.00 bits per heavy atom. The van der Waals surface area contributed by atoms with E-state index in [1.165, 1.54) is 5.56 Å². The zero-order valence-corrected chi connectivity index (χ0v) is 22.1. The number of benzene rings is 1. The maximum absolute atomic E-state index is 12.9. The van der Waals surface area contributed by atoms with Crippen LogP contribution in [0.2, 0.25) is 0 Å². The van der Waals surface area contributed by atoms with E-state index in [1.807, 2.05) is 36.4 Å². The van der Waals surface area contributed by atoms with Crippen LogP contribution in [0, 0.1) is 11.3 Å². The summed E-state index contributed by atoms with van der Waals surface area (Å²) in [5, 5.41) is 12.1. The number of nitriles is 1. The van der Waals surface area contributed by atoms with Gasteiger partial charge in [-0.25, -0.2) is 0 Å². The Bertz CT molecular complexity index is 1120. The van der Waals surface area contributed by atoms with Crippen LogP contribution < -0.4 is 5.32 Å². The molecule has 3 aliphatic rings. The molecule has 5 rings (SSSR count). The fraction of sp³-hybridized carbons (Fsp3) is 0.500. The Morgan fingerprint density at radius 3 is 2.34 bits per heavy atom. The molecule has 0 bridgehead atoms. The lowest BCUT2D eigenvalue weighted by atomic mass is 10.0. The van der Waals surface area contributed by atoms with Gasteiger partial charge in [0.1, 0.15) is 5.69 Å². The van der Waals surface area contributed by atoms with Gasteiger partial charge in [0.05, 0.1) is 11.6 Å². The highest BCUT2D eigenvalue weighted by molar-refractivity contribution is 5.92. The molecule has 4 heterocycles. The third-order valence-corrected chi connectivity index (χ3v) is 8.14. The fourth-order valence-electron chi connectivity index (χ4n) is 5.73. The molecule has 0 unspecified atom stereocenters. The largest absolute Gasteiger partial charge is 0.381 e. The van der Waals surface area contributed by atoms with Crippen molar-refractivity contribution in [2.24, 2.45) is 0 Å². The van der Waals surface area contributed by atoms with Gasteiger partial charge in [-0.3, -0.25) is 19.6 Å². The van der Waals surface area contributed by atoms with E-state index in [1.54, 1.807) is 6.20 Å². The van der Waals surface area contributed by atoms with Crippen LogP contribution in [0.25, 0.3) is 5.70 Å². The van der Waals surface area contributed by atoms with Gasteiger partial charge in [-0.2, -0.15) is 5.26 Å². The summed E-state index contributed by atoms with van der Waals surface area (Å²) in [7, 11) is 0. The average Bonchev–Trinajstić information content (AvgIpc) is 2.99. The highest BCUT2D eigenvalue weighted by Crippen LogP contribution is 2.22. The lowest BCUT2D eigenvalue weighted by Crippen LogP contribution is -2.50. The Balaban J connectivity index is 1.06. The Labute approximate surface area is 225 Å². The molecule has 0 spiro atoms. The number of ether oxygens (including phenoxy) is 1. The molecule has 1 N–H and O–H groups in total. The summed E-state index contributed by atoms with van der Waals surface area (Å²) in [5.74, 6) is -0.113. The minimum atomic E-state index is -0.113. The maximum Gasteiger partial charge on any atom is 0.270 e. The van der Waals surface area contributed by atoms with Crippen LogP contribution in [0.5, 0.6) is 0 Å². The molecule has 3 saturated heterocycles. The van der Waals surface area contributed by atoms with Gasteiger partial charge in [0.15, 0.2) is 0 Å². The standard InChI is InChI=1S/C30H38N6O2/c1-23(35-14-16-36(17-15-35)28-10-18-38-19-11-28)26-6-7-29(32-21-26)30(37)33-27-8-12-34(13-9-27)22-25-4-2-24(20-31)3-5-25/h2-7,21,27-28H,1,8-19,22H2,(H,33,37). The number of piperidine rings is 1. The number of pyridine rings is 1. The van der Waals surface area contributed by atoms with Crippen LogP contribution in [-0.2, 0) is 11.3 Å². The summed E-state index contributed by atoms with van der Waals surface area (Å²) in [4.78, 5) is 24.6. The lowest BCUT2D eigenvalue weighted by molar-refractivity contribution is 0.0208. The van der Waals surface area contributed by atoms with Crippen LogP contribution in [0.3, 0.4) is 0 Å². The van der Waals surface area contributed by atoms with E-state index in [9.17, 15) is 4.79 Å². The summed E-state index contributed by atoms with van der Waals surface area (Å²) in [6.07, 6.45) is 5.87. The number of nitrogens with one attached hydrogen (secondary N) is 1. The van der Waals surface area contributed by atoms with Crippen molar-refractivity contribution in [2.45, 2.75) is 44.3 Å². The third-order valence-electron chi connectivity index (χ3n) is 8.14. The van der Waals surface area contributed by atoms with Crippen LogP contribution in [0.15, 0.2) is 49.2 Å². The van der Waals surface area contributed by atoms with Crippen molar-refractivity contribution >= 4 is 11.6 Å². The molecule has 3 aliphatic heterocycles. The molecule has 0 atom stereocenters. The minimum absolute atomic E-state index is 0.113. The quantitative estimate of drug-likeness (QED) is 0.608. The number of piperazine rings is 1. The molecule has 2 aromatic rings. The molecule has 3 fully saturated rings. The number of hydrogen-bond donors (Lipinski definition) is 1. The smallest absolute Gasteiger partial charge is 0.270 e. The van der Waals surface area contributed by atoms with Gasteiger partial charge in [-0.15, -0.1) is 0 Å². The molecular weight excluding hydrogens is 476 g/mol. The number of nitrogens with zero attached hydrogens (tertiary/aromatic N) is 5. The number of carbonyl (C=O) groups is 1. The average molecular weight is 515 g/mol. The number of carbonyl (C=O) groups excluding carboxylic acids is 1. The molecule has 0 saturated carbocycles. The second-order valence-electron chi connectivity index (χ2n) is 10.6. The van der Waals surface area contributed by atoms with Gasteiger partial charge >= 0.3 is 0 Å². The highest BCUT2D eigenvalue weighted by Gasteiger charge is 2.26. The normalized spacial score (nSPS) is 20.1. The summed E-state index contributed by atoms with van der Waals surface area (Å²) in [5.41, 5.74) is 4.29. The van der Waals surface area contributed by atoms with Crippen molar-refractivity contribution in [3.05, 3.63) is 71.6 Å². The lowest BCUT2D eigenvalue weighted by Gasteiger charge is -2.42. The first-order valence-corrected chi connectivity index (χ1v) is 13.8. The SMILES string of the molecule is C=C(c1ccc(C(=O)NC2CCN(Cc3ccc(C#N)cc3)CC2)nc1)N1CCN(C2CCOCC2)CC1. The van der Waals surface area contributed by atoms with E-state index in [4.69, 9.17) is 10.00 Å². The van der Waals surface area contributed by atoms with Crippen molar-refractivity contribution in [1.82, 2.24) is 25.0 Å². The first-order chi connectivity index (χ1) is 18.6. The van der Waals surface area contributed by atoms with Crippen LogP contribution >= 0.6 is 0 Å². The van der Waals surface area contributed by atoms with E-state index in [0.29, 0.717) is 17.3 Å². The second kappa shape index (κ2) is 12.5. The molecule has 8 heteroatoms. The van der Waals surface area contributed by atoms with Gasteiger partial charge in [0, 0.05) is 88.6 Å². The van der Waals surface area contributed by atoms with Crippen molar-refractivity contribution < 1.29 is 9.53 Å². The first kappa shape index (κ1) is 26.4. The van der Waals surface area contributed by atoms with Crippen LogP contribution in [0.4, 0.5) is 0 Å². The van der Waals surface area contributed by atoms with Crippen molar-refractivity contribution in [3.8, 4) is 6.07 Å². The molecular formula is C30H38N6O2. The molecule has 8 nitrogen and oxygen atoms in total. The maximum atomic E-state index is 12.9. The van der Waals surface area contributed by atoms with Gasteiger partial charge < -0.3 is 15.0 Å². The number of amides is 1. The molecule has 200 valence electrons. The predicted octanol–water partition coefficient (Wildman–Crippen LogP) is 3.11. The zero-order chi connectivity index (χ0) is 26.3. The summed E-state index contributed by atoms with van der Waals surface area (Å²) in [6, 6.07) is 14.5. The van der Waals surface area contributed by atoms with Gasteiger partial charge in [-0.1, -0.05) is 18.7 Å². The molecule has 1 amide bonds. The number of likely N-dealkylation sites (tertiary alicyclic amines) is 1. The van der Waals surface area contributed by atoms with E-state index < -0.39 is 0 Å². The molecule has 1 aromatic carbocycles. The van der Waals surface area contributed by atoms with E-state index in [0.717, 1.165) is 96.0 Å². The number of hydrogen-bond acceptors (Lipinski definition) is 7. The topological polar surface area (TPSA) is 84.7 Å². The minimum Gasteiger partial charge on any atom is -0.381 e. The van der Waals surface area contributed by atoms with E-state index >= 15 is 0 Å². The highest BCUT2D eigenvalue weighted by atomic mass is 16.5. The Kier molecular flexibility index (Phi) is 8.69. The summed E-state index contributed by atoms with van der Waals surface area (Å²) < 4.78 is 5.51. The van der Waals surface area contributed by atoms with Crippen molar-refractivity contribution in [1.29, 1.82) is 5.26 Å². The van der Waals surface area contributed by atoms with E-state index in [2.05, 4.69) is 37.6 Å². The molecule has 0 aliphatic carbocycles. The second-order valence-corrected chi connectivity index (χ2v) is 10.6.